The largest absolute Gasteiger partial charge is 0.247 e. The topological polar surface area (TPSA) is 58.9 Å². The zero-order valence-electron chi connectivity index (χ0n) is 4.23. The Balaban J connectivity index is 3.09. The second-order valence-electron chi connectivity index (χ2n) is 0.741. The van der Waals surface area contributed by atoms with Crippen LogP contribution in [0.5, 0.6) is 0 Å². The van der Waals surface area contributed by atoms with E-state index in [1.54, 1.807) is 0 Å². The molecule has 0 heterocycles. The zero-order chi connectivity index (χ0) is 6.95. The van der Waals surface area contributed by atoms with Crippen LogP contribution >= 0.6 is 23.9 Å². The van der Waals surface area contributed by atoms with E-state index in [4.69, 9.17) is 0 Å². The van der Waals surface area contributed by atoms with Crippen LogP contribution in [0.15, 0.2) is 8.80 Å². The number of carbonyl (C=O) groups excluding carboxylic acids is 2. The van der Waals surface area contributed by atoms with Crippen molar-refractivity contribution in [2.45, 2.75) is 0 Å². The maximum absolute atomic E-state index is 9.41. The molecule has 0 fully saturated rings. The van der Waals surface area contributed by atoms with Crippen molar-refractivity contribution in [1.29, 1.82) is 0 Å². The lowest BCUT2D eigenvalue weighted by Crippen LogP contribution is -1.59. The molecule has 0 rings (SSSR count). The molecule has 0 radical (unpaired) electrons. The van der Waals surface area contributed by atoms with E-state index in [1.165, 1.54) is 12.2 Å². The first-order chi connectivity index (χ1) is 4.41. The van der Waals surface area contributed by atoms with Gasteiger partial charge in [0.25, 0.3) is 0 Å². The van der Waals surface area contributed by atoms with E-state index >= 15 is 0 Å². The van der Waals surface area contributed by atoms with Crippen molar-refractivity contribution in [3.05, 3.63) is 0 Å². The number of nitrogens with zero attached hydrogens (tertiary/aromatic N) is 2. The molecule has 0 aliphatic heterocycles. The minimum Gasteiger partial charge on any atom is -0.210 e. The van der Waals surface area contributed by atoms with Gasteiger partial charge >= 0.3 is 0 Å². The highest BCUT2D eigenvalue weighted by Gasteiger charge is 1.81. The normalized spacial score (nSPS) is 7.11. The third-order valence-corrected chi connectivity index (χ3v) is 1.56. The van der Waals surface area contributed by atoms with Crippen molar-refractivity contribution >= 4 is 36.1 Å². The summed E-state index contributed by atoms with van der Waals surface area (Å²) >= 11 is 1.97. The Bertz CT molecular complexity index is 141. The second kappa shape index (κ2) is 7.46. The predicted molar refractivity (Wildman–Crippen MR) is 36.3 cm³/mol. The fourth-order valence-corrected chi connectivity index (χ4v) is 0.845. The average Bonchev–Trinajstić information content (AvgIpc) is 1.89. The Hall–Kier alpha value is -0.540. The molecule has 6 heteroatoms. The highest BCUT2D eigenvalue weighted by molar-refractivity contribution is 8.14. The maximum atomic E-state index is 9.41. The summed E-state index contributed by atoms with van der Waals surface area (Å²) in [6, 6.07) is 0. The second-order valence-corrected chi connectivity index (χ2v) is 2.57. The summed E-state index contributed by atoms with van der Waals surface area (Å²) in [5, 5.41) is 0.435. The molecule has 0 unspecified atom stereocenters. The van der Waals surface area contributed by atoms with Crippen LogP contribution in [-0.2, 0) is 9.59 Å². The standard InChI is InChI=1S/C3H2N2O2S2/c6-1-4-8-3-9-5-2-7/h3H2. The van der Waals surface area contributed by atoms with Crippen molar-refractivity contribution in [3.8, 4) is 0 Å². The minimum absolute atomic E-state index is 0.435. The summed E-state index contributed by atoms with van der Waals surface area (Å²) in [5.74, 6) is 0. The fourth-order valence-electron chi connectivity index (χ4n) is 0.129. The average molecular weight is 162 g/mol. The van der Waals surface area contributed by atoms with Gasteiger partial charge in [-0.2, -0.15) is 0 Å². The molecule has 0 aromatic rings. The van der Waals surface area contributed by atoms with Crippen LogP contribution in [0, 0.1) is 0 Å². The Morgan fingerprint density at radius 1 is 1.11 bits per heavy atom. The fraction of sp³-hybridized carbons (Fsp3) is 0.333. The molecule has 0 saturated carbocycles. The molecule has 0 saturated heterocycles. The van der Waals surface area contributed by atoms with E-state index in [9.17, 15) is 9.59 Å². The van der Waals surface area contributed by atoms with Gasteiger partial charge in [-0.05, 0) is 0 Å². The number of hydrogen-bond acceptors (Lipinski definition) is 6. The third kappa shape index (κ3) is 7.46. The quantitative estimate of drug-likeness (QED) is 0.203. The number of hydrogen-bond donors (Lipinski definition) is 0. The first kappa shape index (κ1) is 8.46. The smallest absolute Gasteiger partial charge is 0.210 e. The molecule has 0 aromatic carbocycles. The first-order valence-corrected chi connectivity index (χ1v) is 3.68. The Morgan fingerprint density at radius 2 is 1.56 bits per heavy atom. The molecule has 0 spiro atoms. The summed E-state index contributed by atoms with van der Waals surface area (Å²) in [5.41, 5.74) is 0. The summed E-state index contributed by atoms with van der Waals surface area (Å²) in [7, 11) is 0. The maximum Gasteiger partial charge on any atom is 0.247 e. The van der Waals surface area contributed by atoms with Crippen molar-refractivity contribution in [2.24, 2.45) is 8.80 Å². The molecule has 0 aromatic heterocycles. The summed E-state index contributed by atoms with van der Waals surface area (Å²) in [6.45, 7) is 0. The van der Waals surface area contributed by atoms with Crippen LogP contribution < -0.4 is 0 Å². The summed E-state index contributed by atoms with van der Waals surface area (Å²) in [4.78, 5) is 18.8. The Morgan fingerprint density at radius 3 is 1.89 bits per heavy atom. The zero-order valence-corrected chi connectivity index (χ0v) is 5.87. The van der Waals surface area contributed by atoms with Gasteiger partial charge in [0.1, 0.15) is 0 Å². The van der Waals surface area contributed by atoms with E-state index in [1.807, 2.05) is 0 Å². The van der Waals surface area contributed by atoms with Gasteiger partial charge in [0.2, 0.25) is 12.2 Å². The van der Waals surface area contributed by atoms with E-state index in [2.05, 4.69) is 8.80 Å². The summed E-state index contributed by atoms with van der Waals surface area (Å²) in [6.07, 6.45) is 2.66. The van der Waals surface area contributed by atoms with Gasteiger partial charge in [-0.1, -0.05) is 0 Å². The molecular weight excluding hydrogens is 160 g/mol. The van der Waals surface area contributed by atoms with Gasteiger partial charge in [0.15, 0.2) is 0 Å². The van der Waals surface area contributed by atoms with Gasteiger partial charge < -0.3 is 0 Å². The summed E-state index contributed by atoms with van der Waals surface area (Å²) < 4.78 is 6.29. The number of rotatable bonds is 4. The highest BCUT2D eigenvalue weighted by atomic mass is 32.2. The number of isocyanates is 2. The van der Waals surface area contributed by atoms with Crippen LogP contribution in [0.4, 0.5) is 0 Å². The van der Waals surface area contributed by atoms with Crippen LogP contribution in [0.2, 0.25) is 0 Å². The van der Waals surface area contributed by atoms with Crippen molar-refractivity contribution < 1.29 is 9.59 Å². The van der Waals surface area contributed by atoms with Gasteiger partial charge in [-0.25, -0.2) is 9.59 Å². The molecule has 4 nitrogen and oxygen atoms in total. The van der Waals surface area contributed by atoms with E-state index in [-0.39, 0.29) is 0 Å². The molecule has 48 valence electrons. The third-order valence-electron chi connectivity index (χ3n) is 0.309. The molecule has 0 amide bonds. The van der Waals surface area contributed by atoms with Gasteiger partial charge in [-0.15, -0.1) is 8.80 Å². The molecule has 0 atom stereocenters. The highest BCUT2D eigenvalue weighted by Crippen LogP contribution is 2.11. The van der Waals surface area contributed by atoms with Gasteiger partial charge in [-0.3, -0.25) is 0 Å². The molecule has 9 heavy (non-hydrogen) atoms. The Kier molecular flexibility index (Phi) is 7.01. The monoisotopic (exact) mass is 162 g/mol. The van der Waals surface area contributed by atoms with Crippen LogP contribution in [0.1, 0.15) is 0 Å². The molecule has 0 aliphatic carbocycles. The predicted octanol–water partition coefficient (Wildman–Crippen LogP) is 0.912. The van der Waals surface area contributed by atoms with E-state index < -0.39 is 0 Å². The molecule has 0 bridgehead atoms. The molecule has 0 N–H and O–H groups in total. The molecular formula is C3H2N2O2S2. The Labute approximate surface area is 60.1 Å². The van der Waals surface area contributed by atoms with E-state index in [0.717, 1.165) is 23.9 Å². The lowest BCUT2D eigenvalue weighted by atomic mass is 11.7. The molecule has 0 aliphatic rings. The van der Waals surface area contributed by atoms with Gasteiger partial charge in [0, 0.05) is 23.9 Å². The SMILES string of the molecule is O=C=NSCSN=C=O. The van der Waals surface area contributed by atoms with Crippen LogP contribution in [-0.4, -0.2) is 17.2 Å². The van der Waals surface area contributed by atoms with Crippen molar-refractivity contribution in [1.82, 2.24) is 0 Å². The first-order valence-electron chi connectivity index (χ1n) is 1.80. The lowest BCUT2D eigenvalue weighted by Gasteiger charge is -1.79. The van der Waals surface area contributed by atoms with Crippen LogP contribution in [0.25, 0.3) is 0 Å². The van der Waals surface area contributed by atoms with Crippen LogP contribution in [0.3, 0.4) is 0 Å². The van der Waals surface area contributed by atoms with Gasteiger partial charge in [0.05, 0.1) is 5.08 Å². The van der Waals surface area contributed by atoms with Crippen molar-refractivity contribution in [3.63, 3.8) is 0 Å². The minimum atomic E-state index is 0.435. The lowest BCUT2D eigenvalue weighted by molar-refractivity contribution is 0.565. The van der Waals surface area contributed by atoms with E-state index in [0.29, 0.717) is 5.08 Å². The van der Waals surface area contributed by atoms with Crippen molar-refractivity contribution in [2.75, 3.05) is 5.08 Å².